The molecular formula is C17H16N2OS2. The average Bonchev–Trinajstić information content (AvgIpc) is 3.24. The van der Waals surface area contributed by atoms with Crippen molar-refractivity contribution in [3.8, 4) is 11.4 Å². The summed E-state index contributed by atoms with van der Waals surface area (Å²) in [6, 6.07) is 10.8. The Balaban J connectivity index is 1.45. The predicted molar refractivity (Wildman–Crippen MR) is 91.0 cm³/mol. The second-order valence-corrected chi connectivity index (χ2v) is 7.39. The highest BCUT2D eigenvalue weighted by molar-refractivity contribution is 7.98. The standard InChI is InChI=1S/C17H16N2OS2/c1-2-6-14-12(4-1)5-3-7-15(14)22-11-16-18-17(19-20-16)13-8-9-21-10-13/h1-2,4,6,8-10,15H,3,5,7,11H2. The van der Waals surface area contributed by atoms with E-state index in [4.69, 9.17) is 4.52 Å². The van der Waals surface area contributed by atoms with Crippen LogP contribution in [-0.2, 0) is 12.2 Å². The van der Waals surface area contributed by atoms with Crippen LogP contribution in [0.4, 0.5) is 0 Å². The summed E-state index contributed by atoms with van der Waals surface area (Å²) in [6.07, 6.45) is 3.70. The maximum absolute atomic E-state index is 5.39. The van der Waals surface area contributed by atoms with E-state index in [9.17, 15) is 0 Å². The fourth-order valence-electron chi connectivity index (χ4n) is 2.88. The molecule has 3 nitrogen and oxygen atoms in total. The van der Waals surface area contributed by atoms with Gasteiger partial charge in [-0.2, -0.15) is 16.3 Å². The smallest absolute Gasteiger partial charge is 0.236 e. The van der Waals surface area contributed by atoms with E-state index < -0.39 is 0 Å². The maximum atomic E-state index is 5.39. The van der Waals surface area contributed by atoms with Crippen LogP contribution in [0, 0.1) is 0 Å². The van der Waals surface area contributed by atoms with Crippen molar-refractivity contribution in [2.75, 3.05) is 0 Å². The Morgan fingerprint density at radius 2 is 2.23 bits per heavy atom. The van der Waals surface area contributed by atoms with Crippen LogP contribution in [0.3, 0.4) is 0 Å². The number of hydrogen-bond donors (Lipinski definition) is 0. The molecule has 1 unspecified atom stereocenters. The molecule has 3 aromatic rings. The highest BCUT2D eigenvalue weighted by atomic mass is 32.2. The van der Waals surface area contributed by atoms with E-state index in [2.05, 4.69) is 34.4 Å². The first-order valence-corrected chi connectivity index (χ1v) is 9.44. The summed E-state index contributed by atoms with van der Waals surface area (Å²) >= 11 is 3.56. The first-order chi connectivity index (χ1) is 10.9. The first-order valence-electron chi connectivity index (χ1n) is 7.45. The van der Waals surface area contributed by atoms with Gasteiger partial charge in [0.2, 0.25) is 11.7 Å². The summed E-state index contributed by atoms with van der Waals surface area (Å²) in [5, 5.41) is 8.68. The van der Waals surface area contributed by atoms with Crippen LogP contribution in [0.2, 0.25) is 0 Å². The molecule has 0 bridgehead atoms. The first kappa shape index (κ1) is 14.0. The number of aryl methyl sites for hydroxylation is 1. The van der Waals surface area contributed by atoms with Crippen LogP contribution >= 0.6 is 23.1 Å². The van der Waals surface area contributed by atoms with Gasteiger partial charge in [-0.05, 0) is 41.8 Å². The van der Waals surface area contributed by atoms with E-state index >= 15 is 0 Å². The van der Waals surface area contributed by atoms with E-state index in [1.54, 1.807) is 11.3 Å². The number of rotatable bonds is 4. The highest BCUT2D eigenvalue weighted by Gasteiger charge is 2.21. The lowest BCUT2D eigenvalue weighted by atomic mass is 9.91. The molecule has 0 radical (unpaired) electrons. The van der Waals surface area contributed by atoms with Crippen LogP contribution in [0.5, 0.6) is 0 Å². The predicted octanol–water partition coefficient (Wildman–Crippen LogP) is 5.11. The van der Waals surface area contributed by atoms with Crippen LogP contribution in [0.15, 0.2) is 45.6 Å². The molecule has 112 valence electrons. The molecule has 0 saturated heterocycles. The van der Waals surface area contributed by atoms with Gasteiger partial charge >= 0.3 is 0 Å². The molecule has 2 aromatic heterocycles. The Labute approximate surface area is 137 Å². The Kier molecular flexibility index (Phi) is 3.99. The SMILES string of the molecule is c1ccc2c(c1)CCCC2SCc1nc(-c2ccsc2)no1. The van der Waals surface area contributed by atoms with Gasteiger partial charge in [0, 0.05) is 16.2 Å². The molecule has 1 aliphatic rings. The summed E-state index contributed by atoms with van der Waals surface area (Å²) < 4.78 is 5.39. The Bertz CT molecular complexity index is 752. The van der Waals surface area contributed by atoms with Crippen LogP contribution in [0.25, 0.3) is 11.4 Å². The van der Waals surface area contributed by atoms with E-state index in [-0.39, 0.29) is 0 Å². The number of thiophene rings is 1. The Morgan fingerprint density at radius 1 is 1.27 bits per heavy atom. The fraction of sp³-hybridized carbons (Fsp3) is 0.294. The second-order valence-electron chi connectivity index (χ2n) is 5.41. The van der Waals surface area contributed by atoms with Gasteiger partial charge in [0.25, 0.3) is 0 Å². The second kappa shape index (κ2) is 6.26. The van der Waals surface area contributed by atoms with Gasteiger partial charge in [-0.1, -0.05) is 29.4 Å². The number of thioether (sulfide) groups is 1. The largest absolute Gasteiger partial charge is 0.338 e. The minimum Gasteiger partial charge on any atom is -0.338 e. The van der Waals surface area contributed by atoms with Crippen molar-refractivity contribution in [1.29, 1.82) is 0 Å². The van der Waals surface area contributed by atoms with Crippen LogP contribution in [-0.4, -0.2) is 10.1 Å². The van der Waals surface area contributed by atoms with Gasteiger partial charge < -0.3 is 4.52 Å². The number of benzene rings is 1. The van der Waals surface area contributed by atoms with Crippen molar-refractivity contribution in [3.63, 3.8) is 0 Å². The molecule has 4 rings (SSSR count). The quantitative estimate of drug-likeness (QED) is 0.667. The topological polar surface area (TPSA) is 38.9 Å². The molecule has 1 aromatic carbocycles. The van der Waals surface area contributed by atoms with E-state index in [1.165, 1.54) is 30.4 Å². The molecule has 0 saturated carbocycles. The lowest BCUT2D eigenvalue weighted by Crippen LogP contribution is -2.07. The minimum atomic E-state index is 0.543. The molecular weight excluding hydrogens is 312 g/mol. The molecule has 0 aliphatic heterocycles. The summed E-state index contributed by atoms with van der Waals surface area (Å²) in [7, 11) is 0. The minimum absolute atomic E-state index is 0.543. The third kappa shape index (κ3) is 2.83. The molecule has 1 aliphatic carbocycles. The number of hydrogen-bond acceptors (Lipinski definition) is 5. The van der Waals surface area contributed by atoms with Crippen molar-refractivity contribution in [1.82, 2.24) is 10.1 Å². The van der Waals surface area contributed by atoms with Gasteiger partial charge in [-0.25, -0.2) is 0 Å². The zero-order chi connectivity index (χ0) is 14.8. The van der Waals surface area contributed by atoms with Crippen molar-refractivity contribution >= 4 is 23.1 Å². The molecule has 1 atom stereocenters. The molecule has 0 spiro atoms. The van der Waals surface area contributed by atoms with Gasteiger partial charge in [0.1, 0.15) is 0 Å². The molecule has 0 fully saturated rings. The monoisotopic (exact) mass is 328 g/mol. The maximum Gasteiger partial charge on any atom is 0.236 e. The zero-order valence-electron chi connectivity index (χ0n) is 12.1. The lowest BCUT2D eigenvalue weighted by molar-refractivity contribution is 0.391. The normalized spacial score (nSPS) is 17.4. The van der Waals surface area contributed by atoms with Gasteiger partial charge in [-0.3, -0.25) is 0 Å². The summed E-state index contributed by atoms with van der Waals surface area (Å²) in [6.45, 7) is 0. The average molecular weight is 328 g/mol. The molecule has 22 heavy (non-hydrogen) atoms. The summed E-state index contributed by atoms with van der Waals surface area (Å²) in [5.74, 6) is 2.19. The van der Waals surface area contributed by atoms with Crippen molar-refractivity contribution in [2.24, 2.45) is 0 Å². The number of aromatic nitrogens is 2. The Morgan fingerprint density at radius 3 is 3.14 bits per heavy atom. The fourth-order valence-corrected chi connectivity index (χ4v) is 4.72. The van der Waals surface area contributed by atoms with Crippen LogP contribution in [0.1, 0.15) is 35.1 Å². The third-order valence-corrected chi connectivity index (χ3v) is 5.96. The van der Waals surface area contributed by atoms with Gasteiger partial charge in [0.05, 0.1) is 5.75 Å². The van der Waals surface area contributed by atoms with Crippen molar-refractivity contribution in [2.45, 2.75) is 30.3 Å². The molecule has 0 N–H and O–H groups in total. The van der Waals surface area contributed by atoms with E-state index in [0.717, 1.165) is 11.3 Å². The summed E-state index contributed by atoms with van der Waals surface area (Å²) in [4.78, 5) is 4.50. The van der Waals surface area contributed by atoms with Gasteiger partial charge in [0.15, 0.2) is 0 Å². The van der Waals surface area contributed by atoms with Crippen molar-refractivity contribution in [3.05, 3.63) is 58.1 Å². The number of nitrogens with zero attached hydrogens (tertiary/aromatic N) is 2. The molecule has 5 heteroatoms. The zero-order valence-corrected chi connectivity index (χ0v) is 13.7. The molecule has 2 heterocycles. The number of fused-ring (bicyclic) bond motifs is 1. The molecule has 0 amide bonds. The lowest BCUT2D eigenvalue weighted by Gasteiger charge is -2.24. The summed E-state index contributed by atoms with van der Waals surface area (Å²) in [5.41, 5.74) is 4.01. The third-order valence-electron chi connectivity index (χ3n) is 3.97. The van der Waals surface area contributed by atoms with E-state index in [1.807, 2.05) is 28.6 Å². The van der Waals surface area contributed by atoms with Crippen LogP contribution < -0.4 is 0 Å². The Hall–Kier alpha value is -1.59. The van der Waals surface area contributed by atoms with E-state index in [0.29, 0.717) is 17.0 Å². The van der Waals surface area contributed by atoms with Crippen molar-refractivity contribution < 1.29 is 4.52 Å². The highest BCUT2D eigenvalue weighted by Crippen LogP contribution is 2.40. The van der Waals surface area contributed by atoms with Gasteiger partial charge in [-0.15, -0.1) is 11.8 Å².